The highest BCUT2D eigenvalue weighted by molar-refractivity contribution is 5.98. The summed E-state index contributed by atoms with van der Waals surface area (Å²) in [6, 6.07) is 9.91. The third-order valence-corrected chi connectivity index (χ3v) is 4.27. The second kappa shape index (κ2) is 5.33. The highest BCUT2D eigenvalue weighted by Crippen LogP contribution is 2.18. The number of aryl methyl sites for hydroxylation is 3. The summed E-state index contributed by atoms with van der Waals surface area (Å²) in [6.07, 6.45) is 0. The highest BCUT2D eigenvalue weighted by Gasteiger charge is 2.15. The number of amides is 1. The van der Waals surface area contributed by atoms with Gasteiger partial charge in [0.25, 0.3) is 5.91 Å². The van der Waals surface area contributed by atoms with Crippen molar-refractivity contribution in [2.24, 2.45) is 14.1 Å². The molecule has 0 aliphatic carbocycles. The van der Waals surface area contributed by atoms with E-state index in [1.807, 2.05) is 67.5 Å². The number of hydrogen-bond donors (Lipinski definition) is 1. The Morgan fingerprint density at radius 1 is 1.23 bits per heavy atom. The third kappa shape index (κ3) is 2.28. The molecule has 22 heavy (non-hydrogen) atoms. The summed E-state index contributed by atoms with van der Waals surface area (Å²) in [7, 11) is 3.83. The minimum Gasteiger partial charge on any atom is -0.347 e. The zero-order valence-corrected chi connectivity index (χ0v) is 13.3. The van der Waals surface area contributed by atoms with Crippen molar-refractivity contribution in [1.82, 2.24) is 19.7 Å². The van der Waals surface area contributed by atoms with E-state index in [1.165, 1.54) is 0 Å². The number of rotatable bonds is 3. The first-order valence-corrected chi connectivity index (χ1v) is 7.30. The molecule has 0 atom stereocenters. The van der Waals surface area contributed by atoms with E-state index < -0.39 is 0 Å². The number of carbonyl (C=O) groups excluding carboxylic acids is 1. The number of hydrogen-bond acceptors (Lipinski definition) is 2. The highest BCUT2D eigenvalue weighted by atomic mass is 16.1. The van der Waals surface area contributed by atoms with Gasteiger partial charge >= 0.3 is 0 Å². The monoisotopic (exact) mass is 296 g/mol. The van der Waals surface area contributed by atoms with Crippen molar-refractivity contribution >= 4 is 16.8 Å². The first-order valence-electron chi connectivity index (χ1n) is 7.30. The van der Waals surface area contributed by atoms with Crippen LogP contribution in [0.5, 0.6) is 0 Å². The lowest BCUT2D eigenvalue weighted by Crippen LogP contribution is -2.25. The average molecular weight is 296 g/mol. The lowest BCUT2D eigenvalue weighted by atomic mass is 10.2. The van der Waals surface area contributed by atoms with E-state index in [4.69, 9.17) is 0 Å². The number of aromatic nitrogens is 3. The van der Waals surface area contributed by atoms with Crippen LogP contribution in [0, 0.1) is 13.8 Å². The van der Waals surface area contributed by atoms with Crippen LogP contribution < -0.4 is 5.32 Å². The van der Waals surface area contributed by atoms with Crippen LogP contribution in [0.3, 0.4) is 0 Å². The molecule has 0 fully saturated rings. The average Bonchev–Trinajstić information content (AvgIpc) is 2.96. The fourth-order valence-electron chi connectivity index (χ4n) is 2.84. The molecule has 0 spiro atoms. The van der Waals surface area contributed by atoms with Crippen LogP contribution in [0.25, 0.3) is 10.9 Å². The van der Waals surface area contributed by atoms with Gasteiger partial charge in [0.05, 0.1) is 5.69 Å². The van der Waals surface area contributed by atoms with Gasteiger partial charge in [0.2, 0.25) is 0 Å². The van der Waals surface area contributed by atoms with E-state index in [0.717, 1.165) is 27.9 Å². The molecule has 0 aliphatic rings. The molecule has 1 N–H and O–H groups in total. The second-order valence-corrected chi connectivity index (χ2v) is 5.60. The van der Waals surface area contributed by atoms with Crippen molar-refractivity contribution in [3.8, 4) is 0 Å². The summed E-state index contributed by atoms with van der Waals surface area (Å²) in [6.45, 7) is 4.47. The van der Waals surface area contributed by atoms with Crippen LogP contribution in [0.1, 0.15) is 27.4 Å². The van der Waals surface area contributed by atoms with Gasteiger partial charge < -0.3 is 9.88 Å². The molecule has 3 aromatic rings. The summed E-state index contributed by atoms with van der Waals surface area (Å²) in [5.41, 5.74) is 4.84. The molecule has 2 aromatic heterocycles. The normalized spacial score (nSPS) is 11.1. The Bertz CT molecular complexity index is 857. The van der Waals surface area contributed by atoms with Gasteiger partial charge in [-0.05, 0) is 26.0 Å². The lowest BCUT2D eigenvalue weighted by molar-refractivity contribution is 0.0943. The van der Waals surface area contributed by atoms with E-state index in [2.05, 4.69) is 10.4 Å². The van der Waals surface area contributed by atoms with Gasteiger partial charge in [0.1, 0.15) is 5.69 Å². The first kappa shape index (κ1) is 14.4. The molecule has 5 nitrogen and oxygen atoms in total. The zero-order valence-electron chi connectivity index (χ0n) is 13.3. The van der Waals surface area contributed by atoms with Gasteiger partial charge in [-0.1, -0.05) is 18.2 Å². The molecule has 0 aliphatic heterocycles. The predicted molar refractivity (Wildman–Crippen MR) is 86.8 cm³/mol. The molecule has 0 saturated carbocycles. The Morgan fingerprint density at radius 2 is 1.95 bits per heavy atom. The number of carbonyl (C=O) groups is 1. The molecule has 1 aromatic carbocycles. The van der Waals surface area contributed by atoms with Crippen LogP contribution in [-0.4, -0.2) is 20.3 Å². The van der Waals surface area contributed by atoms with E-state index in [-0.39, 0.29) is 5.91 Å². The zero-order chi connectivity index (χ0) is 15.9. The van der Waals surface area contributed by atoms with Gasteiger partial charge in [-0.25, -0.2) is 0 Å². The molecule has 114 valence electrons. The van der Waals surface area contributed by atoms with Crippen LogP contribution >= 0.6 is 0 Å². The molecule has 0 unspecified atom stereocenters. The van der Waals surface area contributed by atoms with Crippen LogP contribution in [0.2, 0.25) is 0 Å². The minimum absolute atomic E-state index is 0.0682. The van der Waals surface area contributed by atoms with Crippen LogP contribution in [0.4, 0.5) is 0 Å². The molecule has 0 radical (unpaired) electrons. The number of para-hydroxylation sites is 1. The Balaban J connectivity index is 1.83. The fraction of sp³-hybridized carbons (Fsp3) is 0.294. The third-order valence-electron chi connectivity index (χ3n) is 4.27. The molecule has 3 rings (SSSR count). The molecule has 2 heterocycles. The standard InChI is InChI=1S/C17H20N4O/c1-11-14(12(2)21(4)19-11)10-18-17(22)16-9-13-7-5-6-8-15(13)20(16)3/h5-9H,10H2,1-4H3,(H,18,22). The Labute approximate surface area is 129 Å². The SMILES string of the molecule is Cc1nn(C)c(C)c1CNC(=O)c1cc2ccccc2n1C. The quantitative estimate of drug-likeness (QED) is 0.807. The Morgan fingerprint density at radius 3 is 2.59 bits per heavy atom. The number of fused-ring (bicyclic) bond motifs is 1. The molecular weight excluding hydrogens is 276 g/mol. The fourth-order valence-corrected chi connectivity index (χ4v) is 2.84. The smallest absolute Gasteiger partial charge is 0.268 e. The lowest BCUT2D eigenvalue weighted by Gasteiger charge is -2.07. The topological polar surface area (TPSA) is 51.9 Å². The Kier molecular flexibility index (Phi) is 3.48. The van der Waals surface area contributed by atoms with Crippen molar-refractivity contribution in [1.29, 1.82) is 0 Å². The number of nitrogens with one attached hydrogen (secondary N) is 1. The first-order chi connectivity index (χ1) is 10.5. The molecule has 0 saturated heterocycles. The van der Waals surface area contributed by atoms with Gasteiger partial charge in [-0.3, -0.25) is 9.48 Å². The summed E-state index contributed by atoms with van der Waals surface area (Å²) in [4.78, 5) is 12.5. The maximum atomic E-state index is 12.5. The predicted octanol–water partition coefficient (Wildman–Crippen LogP) is 2.46. The van der Waals surface area contributed by atoms with Crippen molar-refractivity contribution in [3.63, 3.8) is 0 Å². The summed E-state index contributed by atoms with van der Waals surface area (Å²) >= 11 is 0. The van der Waals surface area contributed by atoms with Gasteiger partial charge in [-0.15, -0.1) is 0 Å². The summed E-state index contributed by atoms with van der Waals surface area (Å²) in [5.74, 6) is -0.0682. The largest absolute Gasteiger partial charge is 0.347 e. The maximum absolute atomic E-state index is 12.5. The molecule has 1 amide bonds. The van der Waals surface area contributed by atoms with E-state index in [9.17, 15) is 4.79 Å². The van der Waals surface area contributed by atoms with E-state index in [0.29, 0.717) is 12.2 Å². The van der Waals surface area contributed by atoms with Crippen molar-refractivity contribution in [3.05, 3.63) is 53.0 Å². The van der Waals surface area contributed by atoms with Gasteiger partial charge in [0.15, 0.2) is 0 Å². The molecule has 0 bridgehead atoms. The van der Waals surface area contributed by atoms with Gasteiger partial charge in [-0.2, -0.15) is 5.10 Å². The van der Waals surface area contributed by atoms with Crippen molar-refractivity contribution in [2.75, 3.05) is 0 Å². The number of nitrogens with zero attached hydrogens (tertiary/aromatic N) is 3. The van der Waals surface area contributed by atoms with Crippen LogP contribution in [-0.2, 0) is 20.6 Å². The molecule has 5 heteroatoms. The summed E-state index contributed by atoms with van der Waals surface area (Å²) in [5, 5.41) is 8.45. The molecular formula is C17H20N4O. The maximum Gasteiger partial charge on any atom is 0.268 e. The van der Waals surface area contributed by atoms with E-state index in [1.54, 1.807) is 0 Å². The summed E-state index contributed by atoms with van der Waals surface area (Å²) < 4.78 is 3.77. The van der Waals surface area contributed by atoms with Crippen LogP contribution in [0.15, 0.2) is 30.3 Å². The Hall–Kier alpha value is -2.56. The number of benzene rings is 1. The second-order valence-electron chi connectivity index (χ2n) is 5.60. The van der Waals surface area contributed by atoms with Gasteiger partial charge in [0, 0.05) is 42.8 Å². The van der Waals surface area contributed by atoms with Crippen molar-refractivity contribution < 1.29 is 4.79 Å². The minimum atomic E-state index is -0.0682. The van der Waals surface area contributed by atoms with Crippen molar-refractivity contribution in [2.45, 2.75) is 20.4 Å². The van der Waals surface area contributed by atoms with E-state index >= 15 is 0 Å².